The number of oxime groups is 1. The second kappa shape index (κ2) is 5.16. The predicted octanol–water partition coefficient (Wildman–Crippen LogP) is 1.69. The maximum absolute atomic E-state index is 12.6. The van der Waals surface area contributed by atoms with Crippen LogP contribution in [0.2, 0.25) is 0 Å². The van der Waals surface area contributed by atoms with E-state index in [2.05, 4.69) is 5.16 Å². The molecule has 2 aliphatic rings. The second-order valence-corrected chi connectivity index (χ2v) is 5.63. The van der Waals surface area contributed by atoms with Crippen molar-refractivity contribution >= 4 is 11.7 Å². The third-order valence-electron chi connectivity index (χ3n) is 4.66. The van der Waals surface area contributed by atoms with Crippen molar-refractivity contribution in [3.8, 4) is 0 Å². The smallest absolute Gasteiger partial charge is 0.236 e. The molecular formula is C13H23N3O2. The van der Waals surface area contributed by atoms with Gasteiger partial charge in [-0.25, -0.2) is 0 Å². The molecule has 2 aliphatic carbocycles. The molecule has 0 unspecified atom stereocenters. The van der Waals surface area contributed by atoms with Crippen molar-refractivity contribution in [3.63, 3.8) is 0 Å². The Balaban J connectivity index is 2.09. The van der Waals surface area contributed by atoms with Gasteiger partial charge in [0, 0.05) is 13.1 Å². The van der Waals surface area contributed by atoms with E-state index in [1.807, 2.05) is 11.9 Å². The zero-order valence-corrected chi connectivity index (χ0v) is 11.1. The molecule has 2 fully saturated rings. The lowest BCUT2D eigenvalue weighted by atomic mass is 9.66. The molecule has 0 heterocycles. The molecule has 5 heteroatoms. The predicted molar refractivity (Wildman–Crippen MR) is 69.3 cm³/mol. The van der Waals surface area contributed by atoms with Crippen LogP contribution in [0.3, 0.4) is 0 Å². The van der Waals surface area contributed by atoms with Crippen molar-refractivity contribution in [3.05, 3.63) is 0 Å². The largest absolute Gasteiger partial charge is 0.409 e. The van der Waals surface area contributed by atoms with Crippen molar-refractivity contribution < 1.29 is 10.0 Å². The van der Waals surface area contributed by atoms with Crippen LogP contribution in [0.1, 0.15) is 51.4 Å². The molecule has 102 valence electrons. The fourth-order valence-corrected chi connectivity index (χ4v) is 3.18. The zero-order valence-electron chi connectivity index (χ0n) is 11.1. The van der Waals surface area contributed by atoms with Crippen LogP contribution in [-0.2, 0) is 4.79 Å². The van der Waals surface area contributed by atoms with E-state index < -0.39 is 5.41 Å². The van der Waals surface area contributed by atoms with Crippen LogP contribution >= 0.6 is 0 Å². The minimum absolute atomic E-state index is 0.0379. The van der Waals surface area contributed by atoms with Gasteiger partial charge in [0.15, 0.2) is 5.84 Å². The number of rotatable bonds is 3. The van der Waals surface area contributed by atoms with Crippen LogP contribution in [0.4, 0.5) is 0 Å². The van der Waals surface area contributed by atoms with Gasteiger partial charge < -0.3 is 15.8 Å². The number of amidine groups is 1. The Morgan fingerprint density at radius 2 is 1.89 bits per heavy atom. The number of carbonyl (C=O) groups excluding carboxylic acids is 1. The molecule has 1 amide bonds. The summed E-state index contributed by atoms with van der Waals surface area (Å²) in [7, 11) is 1.86. The summed E-state index contributed by atoms with van der Waals surface area (Å²) in [5.74, 6) is 0.123. The van der Waals surface area contributed by atoms with E-state index >= 15 is 0 Å². The lowest BCUT2D eigenvalue weighted by molar-refractivity contribution is -0.143. The number of nitrogens with two attached hydrogens (primary N) is 1. The first-order valence-corrected chi connectivity index (χ1v) is 6.87. The first-order valence-electron chi connectivity index (χ1n) is 6.87. The Labute approximate surface area is 108 Å². The summed E-state index contributed by atoms with van der Waals surface area (Å²) >= 11 is 0. The third-order valence-corrected chi connectivity index (χ3v) is 4.66. The summed E-state index contributed by atoms with van der Waals surface area (Å²) in [6, 6.07) is 0.329. The molecule has 3 N–H and O–H groups in total. The maximum atomic E-state index is 12.6. The summed E-state index contributed by atoms with van der Waals surface area (Å²) in [4.78, 5) is 14.4. The van der Waals surface area contributed by atoms with E-state index in [9.17, 15) is 4.79 Å². The van der Waals surface area contributed by atoms with E-state index in [4.69, 9.17) is 10.9 Å². The van der Waals surface area contributed by atoms with Gasteiger partial charge >= 0.3 is 0 Å². The average molecular weight is 253 g/mol. The fraction of sp³-hybridized carbons (Fsp3) is 0.846. The normalized spacial score (nSPS) is 24.4. The topological polar surface area (TPSA) is 78.9 Å². The molecule has 0 atom stereocenters. The number of hydrogen-bond acceptors (Lipinski definition) is 3. The van der Waals surface area contributed by atoms with Crippen molar-refractivity contribution in [1.82, 2.24) is 4.90 Å². The van der Waals surface area contributed by atoms with Crippen LogP contribution in [0.5, 0.6) is 0 Å². The number of hydrogen-bond donors (Lipinski definition) is 2. The highest BCUT2D eigenvalue weighted by Gasteiger charge is 2.50. The van der Waals surface area contributed by atoms with Crippen LogP contribution in [0, 0.1) is 5.41 Å². The lowest BCUT2D eigenvalue weighted by Crippen LogP contribution is -2.56. The minimum Gasteiger partial charge on any atom is -0.409 e. The van der Waals surface area contributed by atoms with E-state index in [0.29, 0.717) is 18.9 Å². The molecule has 18 heavy (non-hydrogen) atoms. The van der Waals surface area contributed by atoms with Gasteiger partial charge in [-0.3, -0.25) is 4.79 Å². The van der Waals surface area contributed by atoms with Gasteiger partial charge in [-0.1, -0.05) is 30.8 Å². The van der Waals surface area contributed by atoms with E-state index in [0.717, 1.165) is 19.3 Å². The lowest BCUT2D eigenvalue weighted by Gasteiger charge is -2.44. The van der Waals surface area contributed by atoms with Gasteiger partial charge in [0.25, 0.3) is 0 Å². The molecule has 2 rings (SSSR count). The van der Waals surface area contributed by atoms with Crippen LogP contribution in [0.25, 0.3) is 0 Å². The summed E-state index contributed by atoms with van der Waals surface area (Å²) in [5.41, 5.74) is 5.01. The molecule has 0 bridgehead atoms. The molecule has 0 saturated heterocycles. The number of nitrogens with zero attached hydrogens (tertiary/aromatic N) is 2. The summed E-state index contributed by atoms with van der Waals surface area (Å²) in [6.07, 6.45) is 8.20. The van der Waals surface area contributed by atoms with E-state index in [-0.39, 0.29) is 11.7 Å². The van der Waals surface area contributed by atoms with Crippen LogP contribution in [-0.4, -0.2) is 34.9 Å². The Morgan fingerprint density at radius 3 is 2.33 bits per heavy atom. The van der Waals surface area contributed by atoms with Gasteiger partial charge in [-0.15, -0.1) is 0 Å². The first kappa shape index (κ1) is 13.2. The molecule has 0 aromatic carbocycles. The van der Waals surface area contributed by atoms with Crippen molar-refractivity contribution in [1.29, 1.82) is 0 Å². The average Bonchev–Trinajstić information content (AvgIpc) is 2.37. The van der Waals surface area contributed by atoms with Crippen LogP contribution in [0.15, 0.2) is 5.16 Å². The Morgan fingerprint density at radius 1 is 1.28 bits per heavy atom. The van der Waals surface area contributed by atoms with Gasteiger partial charge in [0.1, 0.15) is 5.41 Å². The van der Waals surface area contributed by atoms with Gasteiger partial charge in [0.05, 0.1) is 0 Å². The highest BCUT2D eigenvalue weighted by atomic mass is 16.4. The van der Waals surface area contributed by atoms with Gasteiger partial charge in [-0.2, -0.15) is 0 Å². The van der Waals surface area contributed by atoms with Gasteiger partial charge in [0.2, 0.25) is 5.91 Å². The monoisotopic (exact) mass is 253 g/mol. The zero-order chi connectivity index (χ0) is 13.2. The molecule has 0 aliphatic heterocycles. The summed E-state index contributed by atoms with van der Waals surface area (Å²) in [5, 5.41) is 11.9. The molecule has 5 nitrogen and oxygen atoms in total. The highest BCUT2D eigenvalue weighted by molar-refractivity contribution is 6.07. The standard InChI is InChI=1S/C13H23N3O2/c1-16(10-6-3-2-4-7-10)12(17)13(8-5-9-13)11(14)15-18/h10,18H,2-9H2,1H3,(H2,14,15). The van der Waals surface area contributed by atoms with E-state index in [1.54, 1.807) is 0 Å². The second-order valence-electron chi connectivity index (χ2n) is 5.63. The molecule has 2 saturated carbocycles. The molecule has 0 radical (unpaired) electrons. The quantitative estimate of drug-likeness (QED) is 0.348. The fourth-order valence-electron chi connectivity index (χ4n) is 3.18. The molecule has 0 spiro atoms. The van der Waals surface area contributed by atoms with E-state index in [1.165, 1.54) is 19.3 Å². The Hall–Kier alpha value is -1.26. The summed E-state index contributed by atoms with van der Waals surface area (Å²) < 4.78 is 0. The van der Waals surface area contributed by atoms with Crippen molar-refractivity contribution in [2.45, 2.75) is 57.4 Å². The van der Waals surface area contributed by atoms with Gasteiger partial charge in [-0.05, 0) is 25.7 Å². The Bertz CT molecular complexity index is 344. The maximum Gasteiger partial charge on any atom is 0.236 e. The van der Waals surface area contributed by atoms with Crippen molar-refractivity contribution in [2.24, 2.45) is 16.3 Å². The minimum atomic E-state index is -0.721. The number of carbonyl (C=O) groups is 1. The number of amides is 1. The van der Waals surface area contributed by atoms with Crippen molar-refractivity contribution in [2.75, 3.05) is 7.05 Å². The SMILES string of the molecule is CN(C(=O)C1(C(N)=NO)CCC1)C1CCCCC1. The highest BCUT2D eigenvalue weighted by Crippen LogP contribution is 2.43. The Kier molecular flexibility index (Phi) is 3.78. The first-order chi connectivity index (χ1) is 8.62. The van der Waals surface area contributed by atoms with Crippen LogP contribution < -0.4 is 5.73 Å². The molecular weight excluding hydrogens is 230 g/mol. The summed E-state index contributed by atoms with van der Waals surface area (Å²) in [6.45, 7) is 0. The molecule has 0 aromatic heterocycles. The molecule has 0 aromatic rings. The third kappa shape index (κ3) is 2.06.